The Morgan fingerprint density at radius 1 is 1.12 bits per heavy atom. The van der Waals surface area contributed by atoms with E-state index in [-0.39, 0.29) is 12.3 Å². The van der Waals surface area contributed by atoms with E-state index in [0.29, 0.717) is 11.5 Å². The van der Waals surface area contributed by atoms with Crippen LogP contribution in [0.2, 0.25) is 0 Å². The molecule has 0 radical (unpaired) electrons. The average molecular weight is 370 g/mol. The van der Waals surface area contributed by atoms with Crippen LogP contribution in [-0.2, 0) is 22.1 Å². The van der Waals surface area contributed by atoms with Crippen LogP contribution >= 0.6 is 0 Å². The Labute approximate surface area is 151 Å². The van der Waals surface area contributed by atoms with E-state index in [9.17, 15) is 18.0 Å². The number of amides is 1. The highest BCUT2D eigenvalue weighted by molar-refractivity contribution is 5.78. The van der Waals surface area contributed by atoms with Gasteiger partial charge in [-0.3, -0.25) is 9.69 Å². The zero-order valence-corrected chi connectivity index (χ0v) is 14.8. The van der Waals surface area contributed by atoms with Gasteiger partial charge in [-0.05, 0) is 36.5 Å². The van der Waals surface area contributed by atoms with Gasteiger partial charge >= 0.3 is 6.18 Å². The fourth-order valence-corrected chi connectivity index (χ4v) is 3.69. The molecule has 3 rings (SSSR count). The first-order chi connectivity index (χ1) is 12.4. The van der Waals surface area contributed by atoms with Crippen LogP contribution in [0.25, 0.3) is 0 Å². The summed E-state index contributed by atoms with van der Waals surface area (Å²) in [6.45, 7) is 5.86. The zero-order chi connectivity index (χ0) is 18.6. The number of piperidine rings is 1. The van der Waals surface area contributed by atoms with Crippen molar-refractivity contribution in [1.29, 1.82) is 0 Å². The lowest BCUT2D eigenvalue weighted by Crippen LogP contribution is -2.46. The number of hydrogen-bond acceptors (Lipinski definition) is 3. The third-order valence-corrected chi connectivity index (χ3v) is 5.13. The smallest absolute Gasteiger partial charge is 0.379 e. The molecule has 2 saturated heterocycles. The molecule has 0 unspecified atom stereocenters. The summed E-state index contributed by atoms with van der Waals surface area (Å²) in [7, 11) is 0. The van der Waals surface area contributed by atoms with E-state index in [1.54, 1.807) is 0 Å². The van der Waals surface area contributed by atoms with Crippen molar-refractivity contribution in [2.45, 2.75) is 25.4 Å². The number of alkyl halides is 3. The lowest BCUT2D eigenvalue weighted by Gasteiger charge is -2.36. The van der Waals surface area contributed by atoms with Crippen LogP contribution in [0.5, 0.6) is 0 Å². The molecule has 4 nitrogen and oxygen atoms in total. The zero-order valence-electron chi connectivity index (χ0n) is 14.8. The molecule has 1 aromatic rings. The summed E-state index contributed by atoms with van der Waals surface area (Å²) in [4.78, 5) is 16.8. The number of halogens is 3. The summed E-state index contributed by atoms with van der Waals surface area (Å²) in [5, 5.41) is 0. The molecule has 0 aromatic heterocycles. The standard InChI is InChI=1S/C19H25F3N2O2/c20-19(21,22)17-5-3-15(4-6-17)12-18(25)24-7-1-2-16(14-24)13-23-8-10-26-11-9-23/h3-6,16H,1-2,7-14H2/t16-/m1/s1. The number of benzene rings is 1. The third kappa shape index (κ3) is 5.20. The summed E-state index contributed by atoms with van der Waals surface area (Å²) in [6, 6.07) is 4.88. The minimum Gasteiger partial charge on any atom is -0.379 e. The van der Waals surface area contributed by atoms with E-state index in [1.807, 2.05) is 4.90 Å². The third-order valence-electron chi connectivity index (χ3n) is 5.13. The first-order valence-corrected chi connectivity index (χ1v) is 9.16. The van der Waals surface area contributed by atoms with Gasteiger partial charge in [0.1, 0.15) is 0 Å². The molecule has 1 aromatic carbocycles. The number of carbonyl (C=O) groups is 1. The minimum atomic E-state index is -4.35. The molecule has 2 heterocycles. The second-order valence-electron chi connectivity index (χ2n) is 7.13. The van der Waals surface area contributed by atoms with Crippen LogP contribution < -0.4 is 0 Å². The first-order valence-electron chi connectivity index (χ1n) is 9.16. The van der Waals surface area contributed by atoms with Gasteiger partial charge in [-0.1, -0.05) is 12.1 Å². The topological polar surface area (TPSA) is 32.8 Å². The molecule has 7 heteroatoms. The van der Waals surface area contributed by atoms with Gasteiger partial charge in [-0.25, -0.2) is 0 Å². The molecule has 0 spiro atoms. The van der Waals surface area contributed by atoms with E-state index < -0.39 is 11.7 Å². The van der Waals surface area contributed by atoms with Crippen LogP contribution in [-0.4, -0.2) is 61.6 Å². The molecule has 2 fully saturated rings. The predicted molar refractivity (Wildman–Crippen MR) is 91.7 cm³/mol. The molecule has 1 atom stereocenters. The van der Waals surface area contributed by atoms with Crippen molar-refractivity contribution in [3.05, 3.63) is 35.4 Å². The van der Waals surface area contributed by atoms with Crippen molar-refractivity contribution in [2.24, 2.45) is 5.92 Å². The maximum absolute atomic E-state index is 12.6. The van der Waals surface area contributed by atoms with E-state index in [2.05, 4.69) is 4.90 Å². The van der Waals surface area contributed by atoms with Gasteiger partial charge in [-0.2, -0.15) is 13.2 Å². The highest BCUT2D eigenvalue weighted by Gasteiger charge is 2.30. The SMILES string of the molecule is O=C(Cc1ccc(C(F)(F)F)cc1)N1CCC[C@H](CN2CCOCC2)C1. The average Bonchev–Trinajstić information content (AvgIpc) is 2.62. The number of ether oxygens (including phenoxy) is 1. The molecule has 1 amide bonds. The van der Waals surface area contributed by atoms with Gasteiger partial charge in [0, 0.05) is 32.7 Å². The number of rotatable bonds is 4. The molecule has 0 aliphatic carbocycles. The van der Waals surface area contributed by atoms with E-state index >= 15 is 0 Å². The fourth-order valence-electron chi connectivity index (χ4n) is 3.69. The molecule has 2 aliphatic rings. The highest BCUT2D eigenvalue weighted by atomic mass is 19.4. The van der Waals surface area contributed by atoms with Gasteiger partial charge in [-0.15, -0.1) is 0 Å². The van der Waals surface area contributed by atoms with Gasteiger partial charge < -0.3 is 9.64 Å². The molecular formula is C19H25F3N2O2. The van der Waals surface area contributed by atoms with Gasteiger partial charge in [0.05, 0.1) is 25.2 Å². The monoisotopic (exact) mass is 370 g/mol. The molecule has 26 heavy (non-hydrogen) atoms. The van der Waals surface area contributed by atoms with Crippen molar-refractivity contribution in [2.75, 3.05) is 45.9 Å². The number of hydrogen-bond donors (Lipinski definition) is 0. The van der Waals surface area contributed by atoms with Crippen LogP contribution in [0.15, 0.2) is 24.3 Å². The maximum Gasteiger partial charge on any atom is 0.416 e. The van der Waals surface area contributed by atoms with E-state index in [4.69, 9.17) is 4.74 Å². The number of carbonyl (C=O) groups excluding carboxylic acids is 1. The van der Waals surface area contributed by atoms with Gasteiger partial charge in [0.2, 0.25) is 5.91 Å². The summed E-state index contributed by atoms with van der Waals surface area (Å²) >= 11 is 0. The second-order valence-corrected chi connectivity index (χ2v) is 7.13. The van der Waals surface area contributed by atoms with Gasteiger partial charge in [0.25, 0.3) is 0 Å². The van der Waals surface area contributed by atoms with Crippen molar-refractivity contribution in [3.63, 3.8) is 0 Å². The van der Waals surface area contributed by atoms with E-state index in [0.717, 1.165) is 70.9 Å². The molecule has 2 aliphatic heterocycles. The predicted octanol–water partition coefficient (Wildman–Crippen LogP) is 2.82. The minimum absolute atomic E-state index is 0.00330. The molecule has 0 saturated carbocycles. The Bertz CT molecular complexity index is 598. The summed E-state index contributed by atoms with van der Waals surface area (Å²) < 4.78 is 43.2. The van der Waals surface area contributed by atoms with Crippen molar-refractivity contribution in [1.82, 2.24) is 9.80 Å². The molecule has 144 valence electrons. The maximum atomic E-state index is 12.6. The summed E-state index contributed by atoms with van der Waals surface area (Å²) in [6.07, 6.45) is -2.10. The Balaban J connectivity index is 1.52. The van der Waals surface area contributed by atoms with Crippen LogP contribution in [0.1, 0.15) is 24.0 Å². The molecule has 0 N–H and O–H groups in total. The highest BCUT2D eigenvalue weighted by Crippen LogP contribution is 2.29. The molecule has 0 bridgehead atoms. The summed E-state index contributed by atoms with van der Waals surface area (Å²) in [5.74, 6) is 0.454. The van der Waals surface area contributed by atoms with Crippen LogP contribution in [0.4, 0.5) is 13.2 Å². The molecular weight excluding hydrogens is 345 g/mol. The fraction of sp³-hybridized carbons (Fsp3) is 0.632. The van der Waals surface area contributed by atoms with Crippen molar-refractivity contribution < 1.29 is 22.7 Å². The largest absolute Gasteiger partial charge is 0.416 e. The Kier molecular flexibility index (Phi) is 6.19. The van der Waals surface area contributed by atoms with Gasteiger partial charge in [0.15, 0.2) is 0 Å². The Morgan fingerprint density at radius 3 is 2.46 bits per heavy atom. The lowest BCUT2D eigenvalue weighted by molar-refractivity contribution is -0.137. The summed E-state index contributed by atoms with van der Waals surface area (Å²) in [5.41, 5.74) is -0.0597. The normalized spacial score (nSPS) is 22.4. The van der Waals surface area contributed by atoms with E-state index in [1.165, 1.54) is 12.1 Å². The Hall–Kier alpha value is -1.60. The lowest BCUT2D eigenvalue weighted by atomic mass is 9.96. The van der Waals surface area contributed by atoms with Crippen molar-refractivity contribution in [3.8, 4) is 0 Å². The number of likely N-dealkylation sites (tertiary alicyclic amines) is 1. The quantitative estimate of drug-likeness (QED) is 0.817. The van der Waals surface area contributed by atoms with Crippen LogP contribution in [0.3, 0.4) is 0 Å². The Morgan fingerprint density at radius 2 is 1.81 bits per heavy atom. The van der Waals surface area contributed by atoms with Crippen molar-refractivity contribution >= 4 is 5.91 Å². The second kappa shape index (κ2) is 8.39. The number of morpholine rings is 1. The number of nitrogens with zero attached hydrogens (tertiary/aromatic N) is 2. The first kappa shape index (κ1) is 19.2. The van der Waals surface area contributed by atoms with Crippen LogP contribution in [0, 0.1) is 5.92 Å².